The van der Waals surface area contributed by atoms with Crippen molar-refractivity contribution in [3.8, 4) is 0 Å². The van der Waals surface area contributed by atoms with Gasteiger partial charge < -0.3 is 5.11 Å². The van der Waals surface area contributed by atoms with Gasteiger partial charge in [-0.25, -0.2) is 4.39 Å². The second kappa shape index (κ2) is 5.44. The van der Waals surface area contributed by atoms with Gasteiger partial charge in [-0.2, -0.15) is 0 Å². The number of hydrogen-bond acceptors (Lipinski definition) is 2. The first-order valence-electron chi connectivity index (χ1n) is 4.03. The van der Waals surface area contributed by atoms with Gasteiger partial charge in [0.2, 0.25) is 0 Å². The van der Waals surface area contributed by atoms with E-state index in [1.807, 2.05) is 0 Å². The van der Waals surface area contributed by atoms with Crippen LogP contribution in [0.15, 0.2) is 18.2 Å². The van der Waals surface area contributed by atoms with Crippen molar-refractivity contribution in [3.05, 3.63) is 34.6 Å². The molecule has 1 aromatic rings. The first kappa shape index (κ1) is 11.6. The van der Waals surface area contributed by atoms with Crippen molar-refractivity contribution >= 4 is 22.4 Å². The summed E-state index contributed by atoms with van der Waals surface area (Å²) in [5, 5.41) is 8.84. The third-order valence-corrected chi connectivity index (χ3v) is 3.16. The summed E-state index contributed by atoms with van der Waals surface area (Å²) in [6.45, 7) is -0.151. The first-order valence-corrected chi connectivity index (χ1v) is 5.90. The molecule has 0 aliphatic rings. The standard InChI is InChI=1S/C9H10ClFO2S/c10-8-2-1-7(9(11)5-8)6-14(13)4-3-12/h1-2,5,12H,3-4,6H2. The highest BCUT2D eigenvalue weighted by molar-refractivity contribution is 7.84. The molecule has 0 saturated heterocycles. The Morgan fingerprint density at radius 2 is 2.21 bits per heavy atom. The Hall–Kier alpha value is -0.450. The number of aliphatic hydroxyl groups excluding tert-OH is 1. The molecule has 1 aromatic carbocycles. The third kappa shape index (κ3) is 3.36. The van der Waals surface area contributed by atoms with Crippen LogP contribution >= 0.6 is 11.6 Å². The van der Waals surface area contributed by atoms with Crippen LogP contribution in [-0.4, -0.2) is 21.7 Å². The van der Waals surface area contributed by atoms with Gasteiger partial charge in [-0.05, 0) is 12.1 Å². The van der Waals surface area contributed by atoms with Gasteiger partial charge in [0.15, 0.2) is 0 Å². The van der Waals surface area contributed by atoms with Gasteiger partial charge in [0, 0.05) is 27.1 Å². The van der Waals surface area contributed by atoms with Crippen LogP contribution in [0, 0.1) is 5.82 Å². The number of halogens is 2. The van der Waals surface area contributed by atoms with E-state index in [2.05, 4.69) is 0 Å². The minimum Gasteiger partial charge on any atom is -0.395 e. The van der Waals surface area contributed by atoms with Crippen molar-refractivity contribution in [2.75, 3.05) is 12.4 Å². The third-order valence-electron chi connectivity index (χ3n) is 1.65. The molecule has 0 aromatic heterocycles. The maximum Gasteiger partial charge on any atom is 0.128 e. The van der Waals surface area contributed by atoms with Gasteiger partial charge in [0.25, 0.3) is 0 Å². The lowest BCUT2D eigenvalue weighted by Gasteiger charge is -2.02. The molecule has 0 fully saturated rings. The average Bonchev–Trinajstić information content (AvgIpc) is 2.10. The second-order valence-corrected chi connectivity index (χ2v) is 4.76. The number of rotatable bonds is 4. The maximum atomic E-state index is 13.2. The first-order chi connectivity index (χ1) is 6.63. The normalized spacial score (nSPS) is 12.8. The minimum atomic E-state index is -1.22. The van der Waals surface area contributed by atoms with E-state index in [9.17, 15) is 8.60 Å². The van der Waals surface area contributed by atoms with Gasteiger partial charge in [0.05, 0.1) is 12.4 Å². The molecule has 1 rings (SSSR count). The van der Waals surface area contributed by atoms with E-state index in [1.54, 1.807) is 6.07 Å². The zero-order chi connectivity index (χ0) is 10.6. The maximum absolute atomic E-state index is 13.2. The van der Waals surface area contributed by atoms with E-state index in [0.29, 0.717) is 10.6 Å². The fourth-order valence-corrected chi connectivity index (χ4v) is 2.07. The Kier molecular flexibility index (Phi) is 4.51. The predicted octanol–water partition coefficient (Wildman–Crippen LogP) is 1.72. The molecule has 1 N–H and O–H groups in total. The van der Waals surface area contributed by atoms with Gasteiger partial charge in [-0.15, -0.1) is 0 Å². The molecule has 0 radical (unpaired) electrons. The quantitative estimate of drug-likeness (QED) is 0.865. The SMILES string of the molecule is O=S(CCO)Cc1ccc(Cl)cc1F. The van der Waals surface area contributed by atoms with Crippen molar-refractivity contribution in [2.45, 2.75) is 5.75 Å². The molecule has 5 heteroatoms. The summed E-state index contributed by atoms with van der Waals surface area (Å²) >= 11 is 5.56. The van der Waals surface area contributed by atoms with Crippen LogP contribution in [0.3, 0.4) is 0 Å². The van der Waals surface area contributed by atoms with Crippen LogP contribution in [0.5, 0.6) is 0 Å². The van der Waals surface area contributed by atoms with Crippen LogP contribution in [0.2, 0.25) is 5.02 Å². The Morgan fingerprint density at radius 3 is 2.79 bits per heavy atom. The van der Waals surface area contributed by atoms with Crippen molar-refractivity contribution in [1.29, 1.82) is 0 Å². The topological polar surface area (TPSA) is 37.3 Å². The summed E-state index contributed by atoms with van der Waals surface area (Å²) in [5.41, 5.74) is 0.362. The lowest BCUT2D eigenvalue weighted by Crippen LogP contribution is -2.05. The molecule has 0 bridgehead atoms. The molecule has 1 unspecified atom stereocenters. The summed E-state index contributed by atoms with van der Waals surface area (Å²) in [5.74, 6) is -0.171. The smallest absolute Gasteiger partial charge is 0.128 e. The molecule has 0 amide bonds. The van der Waals surface area contributed by atoms with E-state index in [1.165, 1.54) is 12.1 Å². The van der Waals surface area contributed by atoms with Crippen LogP contribution < -0.4 is 0 Å². The van der Waals surface area contributed by atoms with Crippen LogP contribution in [0.1, 0.15) is 5.56 Å². The van der Waals surface area contributed by atoms with Crippen molar-refractivity contribution < 1.29 is 13.7 Å². The van der Waals surface area contributed by atoms with Gasteiger partial charge >= 0.3 is 0 Å². The zero-order valence-electron chi connectivity index (χ0n) is 7.37. The monoisotopic (exact) mass is 236 g/mol. The molecule has 2 nitrogen and oxygen atoms in total. The Balaban J connectivity index is 2.72. The summed E-state index contributed by atoms with van der Waals surface area (Å²) in [4.78, 5) is 0. The molecule has 0 aliphatic carbocycles. The molecule has 78 valence electrons. The van der Waals surface area contributed by atoms with E-state index >= 15 is 0 Å². The molecule has 14 heavy (non-hydrogen) atoms. The molecular formula is C9H10ClFO2S. The molecule has 0 aliphatic heterocycles. The Morgan fingerprint density at radius 1 is 1.50 bits per heavy atom. The Bertz CT molecular complexity index is 344. The fraction of sp³-hybridized carbons (Fsp3) is 0.333. The lowest BCUT2D eigenvalue weighted by molar-refractivity contribution is 0.321. The van der Waals surface area contributed by atoms with E-state index in [0.717, 1.165) is 0 Å². The average molecular weight is 237 g/mol. The van der Waals surface area contributed by atoms with Crippen molar-refractivity contribution in [1.82, 2.24) is 0 Å². The predicted molar refractivity (Wildman–Crippen MR) is 55.2 cm³/mol. The largest absolute Gasteiger partial charge is 0.395 e. The highest BCUT2D eigenvalue weighted by atomic mass is 35.5. The molecule has 0 saturated carbocycles. The van der Waals surface area contributed by atoms with Gasteiger partial charge in [-0.1, -0.05) is 17.7 Å². The van der Waals surface area contributed by atoms with Crippen molar-refractivity contribution in [2.24, 2.45) is 0 Å². The Labute approximate surface area is 89.2 Å². The van der Waals surface area contributed by atoms with E-state index in [-0.39, 0.29) is 18.1 Å². The van der Waals surface area contributed by atoms with Crippen LogP contribution in [0.25, 0.3) is 0 Å². The summed E-state index contributed by atoms with van der Waals surface area (Å²) in [6.07, 6.45) is 0. The number of aliphatic hydroxyl groups is 1. The molecular weight excluding hydrogens is 227 g/mol. The van der Waals surface area contributed by atoms with Crippen LogP contribution in [-0.2, 0) is 16.6 Å². The summed E-state index contributed by atoms with van der Waals surface area (Å²) in [7, 11) is -1.22. The molecule has 0 spiro atoms. The molecule has 0 heterocycles. The van der Waals surface area contributed by atoms with Crippen molar-refractivity contribution in [3.63, 3.8) is 0 Å². The van der Waals surface area contributed by atoms with Gasteiger partial charge in [-0.3, -0.25) is 4.21 Å². The minimum absolute atomic E-state index is 0.115. The number of hydrogen-bond donors (Lipinski definition) is 1. The molecule has 1 atom stereocenters. The second-order valence-electron chi connectivity index (χ2n) is 2.75. The zero-order valence-corrected chi connectivity index (χ0v) is 8.95. The number of benzene rings is 1. The van der Waals surface area contributed by atoms with E-state index < -0.39 is 16.6 Å². The fourth-order valence-electron chi connectivity index (χ4n) is 0.986. The summed E-state index contributed by atoms with van der Waals surface area (Å²) < 4.78 is 24.4. The highest BCUT2D eigenvalue weighted by Crippen LogP contribution is 2.15. The lowest BCUT2D eigenvalue weighted by atomic mass is 10.2. The summed E-state index contributed by atoms with van der Waals surface area (Å²) in [6, 6.07) is 4.25. The van der Waals surface area contributed by atoms with Gasteiger partial charge in [0.1, 0.15) is 5.82 Å². The highest BCUT2D eigenvalue weighted by Gasteiger charge is 2.06. The van der Waals surface area contributed by atoms with E-state index in [4.69, 9.17) is 16.7 Å². The van der Waals surface area contributed by atoms with Crippen LogP contribution in [0.4, 0.5) is 4.39 Å².